The number of likely N-dealkylation sites (N-methyl/N-ethyl adjacent to an activating group) is 1. The Balaban J connectivity index is 1.95. The molecule has 9 nitrogen and oxygen atoms in total. The standard InChI is InChI=1S/C27H42N4O5/c1-17(2)28-27(35)30(5)15-23-18(3)14-31(19(4)16-32)26(34)21-12-9-13-22(24(21)36-23)29-25(33)20-10-7-6-8-11-20/h9,12-13,17-20,23,32H,6-8,10-11,14-16H2,1-5H3,(H,28,35)(H,29,33)/t18-,19+,23-/m1/s1. The first kappa shape index (κ1) is 27.8. The minimum absolute atomic E-state index is 0.00327. The van der Waals surface area contributed by atoms with E-state index >= 15 is 0 Å². The van der Waals surface area contributed by atoms with Crippen molar-refractivity contribution in [1.29, 1.82) is 0 Å². The van der Waals surface area contributed by atoms with E-state index in [2.05, 4.69) is 10.6 Å². The lowest BCUT2D eigenvalue weighted by Gasteiger charge is -2.38. The summed E-state index contributed by atoms with van der Waals surface area (Å²) in [6.45, 7) is 8.06. The summed E-state index contributed by atoms with van der Waals surface area (Å²) in [5.74, 6) is -0.190. The van der Waals surface area contributed by atoms with E-state index in [0.717, 1.165) is 32.1 Å². The molecule has 1 saturated carbocycles. The Hall–Kier alpha value is -2.81. The Morgan fingerprint density at radius 1 is 1.19 bits per heavy atom. The minimum Gasteiger partial charge on any atom is -0.485 e. The van der Waals surface area contributed by atoms with Crippen LogP contribution in [0.15, 0.2) is 18.2 Å². The van der Waals surface area contributed by atoms with Gasteiger partial charge in [0, 0.05) is 31.5 Å². The van der Waals surface area contributed by atoms with Gasteiger partial charge in [0.1, 0.15) is 6.10 Å². The summed E-state index contributed by atoms with van der Waals surface area (Å²) in [5, 5.41) is 15.8. The Bertz CT molecular complexity index is 931. The highest BCUT2D eigenvalue weighted by Gasteiger charge is 2.35. The molecule has 0 saturated heterocycles. The number of para-hydroxylation sites is 1. The molecule has 0 radical (unpaired) electrons. The summed E-state index contributed by atoms with van der Waals surface area (Å²) in [6, 6.07) is 4.57. The molecule has 1 aromatic rings. The SMILES string of the molecule is CC(C)NC(=O)N(C)C[C@H]1Oc2c(NC(=O)C3CCCCC3)cccc2C(=O)N([C@@H](C)CO)C[C@H]1C. The second-order valence-corrected chi connectivity index (χ2v) is 10.6. The summed E-state index contributed by atoms with van der Waals surface area (Å²) < 4.78 is 6.48. The van der Waals surface area contributed by atoms with E-state index in [-0.39, 0.29) is 42.3 Å². The molecule has 200 valence electrons. The van der Waals surface area contributed by atoms with Crippen LogP contribution in [0.4, 0.5) is 10.5 Å². The smallest absolute Gasteiger partial charge is 0.317 e. The molecule has 3 rings (SSSR count). The Morgan fingerprint density at radius 2 is 1.89 bits per heavy atom. The Morgan fingerprint density at radius 3 is 2.53 bits per heavy atom. The number of anilines is 1. The van der Waals surface area contributed by atoms with E-state index in [1.165, 1.54) is 0 Å². The number of aliphatic hydroxyl groups is 1. The summed E-state index contributed by atoms with van der Waals surface area (Å²) in [4.78, 5) is 42.5. The molecular weight excluding hydrogens is 460 g/mol. The first-order chi connectivity index (χ1) is 17.1. The molecule has 1 heterocycles. The van der Waals surface area contributed by atoms with Gasteiger partial charge in [0.05, 0.1) is 30.4 Å². The topological polar surface area (TPSA) is 111 Å². The molecule has 1 aliphatic heterocycles. The van der Waals surface area contributed by atoms with Crippen molar-refractivity contribution in [3.05, 3.63) is 23.8 Å². The number of carbonyl (C=O) groups excluding carboxylic acids is 3. The van der Waals surface area contributed by atoms with Gasteiger partial charge in [-0.2, -0.15) is 0 Å². The van der Waals surface area contributed by atoms with Crippen molar-refractivity contribution in [2.75, 3.05) is 32.1 Å². The number of fused-ring (bicyclic) bond motifs is 1. The highest BCUT2D eigenvalue weighted by Crippen LogP contribution is 2.36. The fraction of sp³-hybridized carbons (Fsp3) is 0.667. The normalized spacial score (nSPS) is 21.6. The number of nitrogens with one attached hydrogen (secondary N) is 2. The maximum Gasteiger partial charge on any atom is 0.317 e. The van der Waals surface area contributed by atoms with Crippen LogP contribution in [-0.4, -0.2) is 77.7 Å². The molecule has 0 unspecified atom stereocenters. The first-order valence-corrected chi connectivity index (χ1v) is 13.2. The molecule has 36 heavy (non-hydrogen) atoms. The van der Waals surface area contributed by atoms with Gasteiger partial charge < -0.3 is 30.3 Å². The Kier molecular flexibility index (Phi) is 9.59. The fourth-order valence-electron chi connectivity index (χ4n) is 4.87. The molecule has 1 aliphatic carbocycles. The lowest BCUT2D eigenvalue weighted by atomic mass is 9.88. The molecule has 0 bridgehead atoms. The van der Waals surface area contributed by atoms with E-state index in [1.54, 1.807) is 42.0 Å². The van der Waals surface area contributed by atoms with Crippen molar-refractivity contribution in [2.45, 2.75) is 78.0 Å². The average molecular weight is 503 g/mol. The molecule has 9 heteroatoms. The zero-order chi connectivity index (χ0) is 26.4. The van der Waals surface area contributed by atoms with Gasteiger partial charge in [-0.1, -0.05) is 32.3 Å². The van der Waals surface area contributed by atoms with E-state index in [4.69, 9.17) is 4.74 Å². The Labute approximate surface area is 214 Å². The van der Waals surface area contributed by atoms with Crippen LogP contribution >= 0.6 is 0 Å². The van der Waals surface area contributed by atoms with Crippen LogP contribution in [0.5, 0.6) is 5.75 Å². The summed E-state index contributed by atoms with van der Waals surface area (Å²) in [7, 11) is 1.71. The number of benzene rings is 1. The molecule has 3 atom stereocenters. The number of rotatable bonds is 7. The highest BCUT2D eigenvalue weighted by atomic mass is 16.5. The van der Waals surface area contributed by atoms with E-state index in [0.29, 0.717) is 30.1 Å². The highest BCUT2D eigenvalue weighted by molar-refractivity contribution is 6.02. The van der Waals surface area contributed by atoms with Crippen LogP contribution in [0.1, 0.15) is 70.2 Å². The van der Waals surface area contributed by atoms with Crippen molar-refractivity contribution in [3.63, 3.8) is 0 Å². The van der Waals surface area contributed by atoms with Gasteiger partial charge in [-0.15, -0.1) is 0 Å². The maximum absolute atomic E-state index is 13.6. The number of hydrogen-bond donors (Lipinski definition) is 3. The number of ether oxygens (including phenoxy) is 1. The molecule has 1 fully saturated rings. The predicted molar refractivity (Wildman–Crippen MR) is 139 cm³/mol. The van der Waals surface area contributed by atoms with Gasteiger partial charge in [0.15, 0.2) is 5.75 Å². The van der Waals surface area contributed by atoms with Gasteiger partial charge >= 0.3 is 6.03 Å². The summed E-state index contributed by atoms with van der Waals surface area (Å²) in [6.07, 6.45) is 4.51. The quantitative estimate of drug-likeness (QED) is 0.529. The second kappa shape index (κ2) is 12.4. The van der Waals surface area contributed by atoms with Crippen LogP contribution < -0.4 is 15.4 Å². The van der Waals surface area contributed by atoms with E-state index in [9.17, 15) is 19.5 Å². The van der Waals surface area contributed by atoms with Gasteiger partial charge in [-0.05, 0) is 45.7 Å². The molecule has 0 spiro atoms. The fourth-order valence-corrected chi connectivity index (χ4v) is 4.87. The van der Waals surface area contributed by atoms with Gasteiger partial charge in [0.2, 0.25) is 5.91 Å². The monoisotopic (exact) mass is 502 g/mol. The minimum atomic E-state index is -0.444. The third-order valence-electron chi connectivity index (χ3n) is 7.14. The predicted octanol–water partition coefficient (Wildman–Crippen LogP) is 3.48. The van der Waals surface area contributed by atoms with Crippen LogP contribution in [0.3, 0.4) is 0 Å². The van der Waals surface area contributed by atoms with Gasteiger partial charge in [-0.25, -0.2) is 4.79 Å². The summed E-state index contributed by atoms with van der Waals surface area (Å²) >= 11 is 0. The molecule has 4 amide bonds. The van der Waals surface area contributed by atoms with Crippen molar-refractivity contribution in [2.24, 2.45) is 11.8 Å². The van der Waals surface area contributed by atoms with Crippen LogP contribution in [0, 0.1) is 11.8 Å². The number of nitrogens with zero attached hydrogens (tertiary/aromatic N) is 2. The largest absolute Gasteiger partial charge is 0.485 e. The zero-order valence-electron chi connectivity index (χ0n) is 22.3. The number of aliphatic hydroxyl groups excluding tert-OH is 1. The van der Waals surface area contributed by atoms with E-state index in [1.807, 2.05) is 20.8 Å². The van der Waals surface area contributed by atoms with Crippen molar-refractivity contribution in [3.8, 4) is 5.75 Å². The molecule has 2 aliphatic rings. The van der Waals surface area contributed by atoms with Gasteiger partial charge in [0.25, 0.3) is 5.91 Å². The molecule has 0 aromatic heterocycles. The van der Waals surface area contributed by atoms with Crippen LogP contribution in [0.25, 0.3) is 0 Å². The van der Waals surface area contributed by atoms with Crippen LogP contribution in [0.2, 0.25) is 0 Å². The first-order valence-electron chi connectivity index (χ1n) is 13.2. The average Bonchev–Trinajstić information content (AvgIpc) is 2.86. The number of hydrogen-bond acceptors (Lipinski definition) is 5. The number of urea groups is 1. The third kappa shape index (κ3) is 6.69. The molecule has 1 aromatic carbocycles. The number of carbonyl (C=O) groups is 3. The lowest BCUT2D eigenvalue weighted by Crippen LogP contribution is -2.51. The summed E-state index contributed by atoms with van der Waals surface area (Å²) in [5.41, 5.74) is 0.796. The van der Waals surface area contributed by atoms with Gasteiger partial charge in [-0.3, -0.25) is 9.59 Å². The van der Waals surface area contributed by atoms with Crippen LogP contribution in [-0.2, 0) is 4.79 Å². The lowest BCUT2D eigenvalue weighted by molar-refractivity contribution is -0.120. The van der Waals surface area contributed by atoms with Crippen molar-refractivity contribution < 1.29 is 24.2 Å². The van der Waals surface area contributed by atoms with E-state index < -0.39 is 12.1 Å². The number of amides is 4. The maximum atomic E-state index is 13.6. The third-order valence-corrected chi connectivity index (χ3v) is 7.14. The zero-order valence-corrected chi connectivity index (χ0v) is 22.3. The molecule has 3 N–H and O–H groups in total. The molecular formula is C27H42N4O5. The van der Waals surface area contributed by atoms with Crippen molar-refractivity contribution >= 4 is 23.5 Å². The second-order valence-electron chi connectivity index (χ2n) is 10.6. The van der Waals surface area contributed by atoms with Crippen molar-refractivity contribution in [1.82, 2.24) is 15.1 Å².